The zero-order chi connectivity index (χ0) is 27.6. The van der Waals surface area contributed by atoms with Gasteiger partial charge in [-0.05, 0) is 79.5 Å². The molecule has 0 atom stereocenters. The number of hydrogen-bond acceptors (Lipinski definition) is 3. The Morgan fingerprint density at radius 2 is 1.08 bits per heavy atom. The molecule has 0 heterocycles. The number of allylic oxidation sites excluding steroid dienone is 2. The molecule has 0 amide bonds. The summed E-state index contributed by atoms with van der Waals surface area (Å²) >= 11 is 0. The Morgan fingerprint density at radius 3 is 1.41 bits per heavy atom. The lowest BCUT2D eigenvalue weighted by atomic mass is 10.1. The Labute approximate surface area is 235 Å². The molecule has 2 saturated carbocycles. The summed E-state index contributed by atoms with van der Waals surface area (Å²) in [7, 11) is 0.983. The molecule has 0 unspecified atom stereocenters. The normalized spacial score (nSPS) is 15.5. The Morgan fingerprint density at radius 1 is 0.667 bits per heavy atom. The highest BCUT2D eigenvalue weighted by Crippen LogP contribution is 2.66. The van der Waals surface area contributed by atoms with Gasteiger partial charge in [-0.1, -0.05) is 86.4 Å². The molecule has 202 valence electrons. The fraction of sp³-hybridized carbons (Fsp3) is 0.294. The molecule has 0 saturated heterocycles. The van der Waals surface area contributed by atoms with Gasteiger partial charge in [-0.2, -0.15) is 0 Å². The minimum absolute atomic E-state index is 0.417. The Hall–Kier alpha value is -3.08. The van der Waals surface area contributed by atoms with Crippen molar-refractivity contribution in [2.45, 2.75) is 51.4 Å². The fourth-order valence-corrected chi connectivity index (χ4v) is 11.3. The van der Waals surface area contributed by atoms with Crippen LogP contribution in [0, 0.1) is 11.8 Å². The van der Waals surface area contributed by atoms with Gasteiger partial charge in [0.2, 0.25) is 0 Å². The van der Waals surface area contributed by atoms with Gasteiger partial charge < -0.3 is 9.90 Å². The van der Waals surface area contributed by atoms with Crippen LogP contribution in [-0.2, 0) is 9.59 Å². The molecule has 2 aliphatic carbocycles. The minimum Gasteiger partial charge on any atom is -0.507 e. The van der Waals surface area contributed by atoms with Crippen LogP contribution >= 0.6 is 14.8 Å². The number of carbonyl (C=O) groups is 2. The molecule has 0 aromatic heterocycles. The molecule has 0 spiro atoms. The van der Waals surface area contributed by atoms with Crippen molar-refractivity contribution in [2.24, 2.45) is 11.8 Å². The molecule has 5 rings (SSSR count). The van der Waals surface area contributed by atoms with E-state index in [1.807, 2.05) is 24.3 Å². The number of hydrogen-bond donors (Lipinski definition) is 1. The Kier molecular flexibility index (Phi) is 13.7. The molecule has 3 nitrogen and oxygen atoms in total. The monoisotopic (exact) mass is 557 g/mol. The third kappa shape index (κ3) is 9.26. The van der Waals surface area contributed by atoms with Gasteiger partial charge in [-0.25, -0.2) is 0 Å². The molecule has 1 N–H and O–H groups in total. The van der Waals surface area contributed by atoms with Crippen LogP contribution in [0.3, 0.4) is 0 Å². The average Bonchev–Trinajstić information content (AvgIpc) is 3.74. The van der Waals surface area contributed by atoms with Crippen LogP contribution in [0.25, 0.3) is 0 Å². The average molecular weight is 558 g/mol. The van der Waals surface area contributed by atoms with Gasteiger partial charge in [-0.15, -0.1) is 0 Å². The maximum atomic E-state index is 10.0. The van der Waals surface area contributed by atoms with E-state index in [0.29, 0.717) is 11.8 Å². The molecule has 3 aromatic carbocycles. The molecule has 5 heteroatoms. The molecular formula is C34H39O3P2+. The maximum absolute atomic E-state index is 10.0. The van der Waals surface area contributed by atoms with Crippen molar-refractivity contribution in [3.8, 4) is 0 Å². The molecule has 2 aliphatic rings. The van der Waals surface area contributed by atoms with Crippen LogP contribution in [0.1, 0.15) is 51.4 Å². The van der Waals surface area contributed by atoms with Gasteiger partial charge in [-0.3, -0.25) is 4.79 Å². The summed E-state index contributed by atoms with van der Waals surface area (Å²) in [5.41, 5.74) is 3.04. The molecule has 0 aliphatic heterocycles. The SMILES string of the molecule is O=C/C=C/C1CCCC1.O=CC1CCCC1.OC=C=P[P+](c1ccccc1)(c1ccccc1)c1ccccc1. The highest BCUT2D eigenvalue weighted by Gasteiger charge is 2.44. The first-order valence-corrected chi connectivity index (χ1v) is 17.2. The van der Waals surface area contributed by atoms with Gasteiger partial charge in [0.15, 0.2) is 14.8 Å². The van der Waals surface area contributed by atoms with E-state index in [4.69, 9.17) is 0 Å². The first-order valence-electron chi connectivity index (χ1n) is 13.8. The number of rotatable bonds is 7. The first kappa shape index (κ1) is 30.5. The van der Waals surface area contributed by atoms with Crippen molar-refractivity contribution in [1.82, 2.24) is 0 Å². The zero-order valence-electron chi connectivity index (χ0n) is 22.5. The fourth-order valence-electron chi connectivity index (χ4n) is 5.11. The van der Waals surface area contributed by atoms with Gasteiger partial charge >= 0.3 is 0 Å². The van der Waals surface area contributed by atoms with Crippen molar-refractivity contribution in [1.29, 1.82) is 0 Å². The van der Waals surface area contributed by atoms with Crippen molar-refractivity contribution in [2.75, 3.05) is 0 Å². The summed E-state index contributed by atoms with van der Waals surface area (Å²) in [5, 5.41) is 13.1. The van der Waals surface area contributed by atoms with Gasteiger partial charge in [0.25, 0.3) is 0 Å². The van der Waals surface area contributed by atoms with E-state index in [-0.39, 0.29) is 0 Å². The van der Waals surface area contributed by atoms with Crippen LogP contribution in [0.2, 0.25) is 0 Å². The van der Waals surface area contributed by atoms with Gasteiger partial charge in [0, 0.05) is 5.92 Å². The number of aliphatic hydroxyl groups excluding tert-OH is 1. The smallest absolute Gasteiger partial charge is 0.169 e. The van der Waals surface area contributed by atoms with E-state index in [0.717, 1.165) is 39.6 Å². The third-order valence-electron chi connectivity index (χ3n) is 7.11. The van der Waals surface area contributed by atoms with E-state index in [2.05, 4.69) is 78.2 Å². The topological polar surface area (TPSA) is 54.4 Å². The van der Waals surface area contributed by atoms with Gasteiger partial charge in [0.05, 0.1) is 0 Å². The Balaban J connectivity index is 0.000000213. The van der Waals surface area contributed by atoms with Crippen LogP contribution in [0.4, 0.5) is 0 Å². The summed E-state index contributed by atoms with van der Waals surface area (Å²) in [4.78, 5) is 19.9. The van der Waals surface area contributed by atoms with E-state index >= 15 is 0 Å². The molecule has 0 bridgehead atoms. The largest absolute Gasteiger partial charge is 0.507 e. The summed E-state index contributed by atoms with van der Waals surface area (Å²) in [6.45, 7) is -1.90. The second-order valence-corrected chi connectivity index (χ2v) is 15.4. The molecule has 39 heavy (non-hydrogen) atoms. The molecule has 3 aromatic rings. The third-order valence-corrected chi connectivity index (χ3v) is 14.1. The van der Waals surface area contributed by atoms with Gasteiger partial charge in [0.1, 0.15) is 34.7 Å². The number of carbonyl (C=O) groups excluding carboxylic acids is 2. The van der Waals surface area contributed by atoms with Crippen molar-refractivity contribution >= 4 is 48.8 Å². The summed E-state index contributed by atoms with van der Waals surface area (Å²) in [5.74, 6) is 1.12. The first-order chi connectivity index (χ1) is 19.2. The molecule has 0 radical (unpaired) electrons. The lowest BCUT2D eigenvalue weighted by Crippen LogP contribution is -2.27. The number of aliphatic hydroxyl groups is 1. The highest BCUT2D eigenvalue weighted by molar-refractivity contribution is 8.41. The quantitative estimate of drug-likeness (QED) is 0.141. The van der Waals surface area contributed by atoms with Crippen LogP contribution in [0.15, 0.2) is 109 Å². The van der Waals surface area contributed by atoms with E-state index in [1.54, 1.807) is 6.08 Å². The molecular weight excluding hydrogens is 518 g/mol. The van der Waals surface area contributed by atoms with E-state index < -0.39 is 6.95 Å². The van der Waals surface area contributed by atoms with Crippen LogP contribution in [-0.4, -0.2) is 23.1 Å². The van der Waals surface area contributed by atoms with Crippen molar-refractivity contribution in [3.05, 3.63) is 109 Å². The summed E-state index contributed by atoms with van der Waals surface area (Å²) < 4.78 is 0. The standard InChI is InChI=1S/C20H16OP2.C8H12O.C6H10O/c21-16-17-22-23(18-10-4-1-5-11-18,19-12-6-2-7-13-19)20-14-8-3-9-15-20;9-7-3-6-8-4-1-2-5-8;7-5-6-3-1-2-4-6/h1-16H;3,6-8H,1-2,4-5H2;5-6H,1-4H2/p+1/b;6-3+;. The zero-order valence-corrected chi connectivity index (χ0v) is 24.3. The van der Waals surface area contributed by atoms with Crippen LogP contribution in [0.5, 0.6) is 0 Å². The van der Waals surface area contributed by atoms with Crippen molar-refractivity contribution < 1.29 is 14.7 Å². The predicted molar refractivity (Wildman–Crippen MR) is 169 cm³/mol. The second-order valence-electron chi connectivity index (χ2n) is 9.75. The number of aldehydes is 2. The minimum atomic E-state index is -1.90. The van der Waals surface area contributed by atoms with E-state index in [9.17, 15) is 14.7 Å². The second kappa shape index (κ2) is 17.5. The lowest BCUT2D eigenvalue weighted by Gasteiger charge is -2.21. The number of benzene rings is 3. The highest BCUT2D eigenvalue weighted by atomic mass is 32.1. The maximum Gasteiger partial charge on any atom is 0.169 e. The lowest BCUT2D eigenvalue weighted by molar-refractivity contribution is -0.110. The van der Waals surface area contributed by atoms with Crippen molar-refractivity contribution in [3.63, 3.8) is 0 Å². The van der Waals surface area contributed by atoms with E-state index in [1.165, 1.54) is 54.4 Å². The predicted octanol–water partition coefficient (Wildman–Crippen LogP) is 7.62. The summed E-state index contributed by atoms with van der Waals surface area (Å²) in [6.07, 6.45) is 16.7. The summed E-state index contributed by atoms with van der Waals surface area (Å²) in [6, 6.07) is 31.7. The van der Waals surface area contributed by atoms with Crippen LogP contribution < -0.4 is 15.9 Å². The Bertz CT molecular complexity index is 1090. The molecule has 2 fully saturated rings.